The summed E-state index contributed by atoms with van der Waals surface area (Å²) < 4.78 is 62.7. The first-order valence-electron chi connectivity index (χ1n) is 8.08. The van der Waals surface area contributed by atoms with E-state index >= 15 is 0 Å². The summed E-state index contributed by atoms with van der Waals surface area (Å²) in [5.41, 5.74) is 0.789. The number of fused-ring (bicyclic) bond motifs is 1. The molecule has 0 aliphatic heterocycles. The number of anilines is 1. The highest BCUT2D eigenvalue weighted by atomic mass is 32.2. The van der Waals surface area contributed by atoms with Gasteiger partial charge in [-0.2, -0.15) is 0 Å². The van der Waals surface area contributed by atoms with Crippen molar-refractivity contribution in [3.63, 3.8) is 0 Å². The second-order valence-electron chi connectivity index (χ2n) is 5.69. The molecule has 0 bridgehead atoms. The fraction of sp³-hybridized carbons (Fsp3) is 0.235. The number of hydrogen-bond acceptors (Lipinski definition) is 8. The highest BCUT2D eigenvalue weighted by molar-refractivity contribution is 7.93. The molecule has 2 aromatic carbocycles. The summed E-state index contributed by atoms with van der Waals surface area (Å²) in [6.07, 6.45) is 0. The molecule has 0 atom stereocenters. The van der Waals surface area contributed by atoms with Gasteiger partial charge < -0.3 is 9.47 Å². The number of benzene rings is 2. The van der Waals surface area contributed by atoms with Crippen molar-refractivity contribution in [2.45, 2.75) is 16.2 Å². The quantitative estimate of drug-likeness (QED) is 0.599. The molecule has 1 heterocycles. The third-order valence-corrected chi connectivity index (χ3v) is 8.52. The van der Waals surface area contributed by atoms with Gasteiger partial charge in [0.25, 0.3) is 10.0 Å². The molecule has 3 aromatic rings. The largest absolute Gasteiger partial charge is 0.493 e. The highest BCUT2D eigenvalue weighted by Gasteiger charge is 2.20. The number of methoxy groups -OCH3 is 2. The van der Waals surface area contributed by atoms with E-state index in [-0.39, 0.29) is 20.7 Å². The van der Waals surface area contributed by atoms with E-state index in [1.165, 1.54) is 38.5 Å². The molecule has 1 aromatic heterocycles. The van der Waals surface area contributed by atoms with Crippen LogP contribution in [0.5, 0.6) is 11.5 Å². The Hall–Kier alpha value is -2.37. The monoisotopic (exact) mass is 442 g/mol. The molecule has 1 N–H and O–H groups in total. The molecule has 0 unspecified atom stereocenters. The van der Waals surface area contributed by atoms with Gasteiger partial charge in [-0.1, -0.05) is 6.92 Å². The van der Waals surface area contributed by atoms with Crippen LogP contribution in [-0.2, 0) is 19.9 Å². The Bertz CT molecular complexity index is 1230. The van der Waals surface area contributed by atoms with Crippen molar-refractivity contribution in [1.29, 1.82) is 0 Å². The standard InChI is InChI=1S/C17H18N2O6S3/c1-4-27(20,21)17-18-13-7-5-11(9-16(13)26-17)19-28(22,23)12-6-8-14(24-2)15(10-12)25-3/h5-10,19H,4H2,1-3H3. The lowest BCUT2D eigenvalue weighted by molar-refractivity contribution is 0.354. The van der Waals surface area contributed by atoms with Gasteiger partial charge >= 0.3 is 0 Å². The van der Waals surface area contributed by atoms with Crippen LogP contribution in [0.4, 0.5) is 5.69 Å². The van der Waals surface area contributed by atoms with Crippen molar-refractivity contribution in [1.82, 2.24) is 4.98 Å². The van der Waals surface area contributed by atoms with Gasteiger partial charge in [-0.25, -0.2) is 21.8 Å². The first-order valence-corrected chi connectivity index (χ1v) is 12.0. The Morgan fingerprint density at radius 3 is 2.36 bits per heavy atom. The average Bonchev–Trinajstić information content (AvgIpc) is 3.11. The highest BCUT2D eigenvalue weighted by Crippen LogP contribution is 2.32. The minimum Gasteiger partial charge on any atom is -0.493 e. The SMILES string of the molecule is CCS(=O)(=O)c1nc2ccc(NS(=O)(=O)c3ccc(OC)c(OC)c3)cc2s1. The Kier molecular flexibility index (Phi) is 5.50. The fourth-order valence-electron chi connectivity index (χ4n) is 2.42. The van der Waals surface area contributed by atoms with E-state index in [2.05, 4.69) is 9.71 Å². The minimum atomic E-state index is -3.89. The predicted molar refractivity (Wildman–Crippen MR) is 108 cm³/mol. The smallest absolute Gasteiger partial charge is 0.262 e. The van der Waals surface area contributed by atoms with Crippen LogP contribution >= 0.6 is 11.3 Å². The third kappa shape index (κ3) is 3.91. The summed E-state index contributed by atoms with van der Waals surface area (Å²) in [4.78, 5) is 4.12. The summed E-state index contributed by atoms with van der Waals surface area (Å²) in [6, 6.07) is 8.93. The van der Waals surface area contributed by atoms with Crippen LogP contribution in [0.3, 0.4) is 0 Å². The zero-order chi connectivity index (χ0) is 20.5. The minimum absolute atomic E-state index is 0.00352. The molecule has 150 valence electrons. The second kappa shape index (κ2) is 7.57. The molecule has 11 heteroatoms. The maximum Gasteiger partial charge on any atom is 0.262 e. The molecule has 0 aliphatic rings. The molecular weight excluding hydrogens is 424 g/mol. The lowest BCUT2D eigenvalue weighted by Crippen LogP contribution is -2.13. The summed E-state index contributed by atoms with van der Waals surface area (Å²) in [7, 11) is -4.43. The van der Waals surface area contributed by atoms with E-state index < -0.39 is 19.9 Å². The fourth-order valence-corrected chi connectivity index (χ4v) is 5.84. The van der Waals surface area contributed by atoms with Crippen molar-refractivity contribution >= 4 is 47.1 Å². The lowest BCUT2D eigenvalue weighted by Gasteiger charge is -2.11. The summed E-state index contributed by atoms with van der Waals surface area (Å²) in [5.74, 6) is 0.654. The van der Waals surface area contributed by atoms with Crippen LogP contribution in [0.15, 0.2) is 45.6 Å². The van der Waals surface area contributed by atoms with Gasteiger partial charge in [-0.15, -0.1) is 11.3 Å². The van der Waals surface area contributed by atoms with Gasteiger partial charge in [0.15, 0.2) is 11.5 Å². The molecule has 0 amide bonds. The van der Waals surface area contributed by atoms with Crippen LogP contribution in [0, 0.1) is 0 Å². The molecule has 0 spiro atoms. The van der Waals surface area contributed by atoms with E-state index in [4.69, 9.17) is 9.47 Å². The maximum absolute atomic E-state index is 12.7. The molecule has 3 rings (SSSR count). The molecule has 0 fully saturated rings. The number of sulfonamides is 1. The number of aromatic nitrogens is 1. The Labute approximate surface area is 167 Å². The lowest BCUT2D eigenvalue weighted by atomic mass is 10.3. The van der Waals surface area contributed by atoms with Crippen LogP contribution in [0.25, 0.3) is 10.2 Å². The molecule has 0 radical (unpaired) electrons. The van der Waals surface area contributed by atoms with Gasteiger partial charge in [0.2, 0.25) is 14.2 Å². The van der Waals surface area contributed by atoms with Crippen molar-refractivity contribution in [3.05, 3.63) is 36.4 Å². The Balaban J connectivity index is 1.95. The molecule has 0 aliphatic carbocycles. The van der Waals surface area contributed by atoms with Gasteiger partial charge in [-0.3, -0.25) is 4.72 Å². The predicted octanol–water partition coefficient (Wildman–Crippen LogP) is 2.91. The van der Waals surface area contributed by atoms with Crippen LogP contribution in [0.2, 0.25) is 0 Å². The van der Waals surface area contributed by atoms with Crippen LogP contribution in [-0.4, -0.2) is 41.8 Å². The number of rotatable bonds is 7. The second-order valence-corrected chi connectivity index (χ2v) is 10.9. The van der Waals surface area contributed by atoms with Gasteiger partial charge in [0.1, 0.15) is 0 Å². The summed E-state index contributed by atoms with van der Waals surface area (Å²) >= 11 is 1.01. The maximum atomic E-state index is 12.7. The zero-order valence-corrected chi connectivity index (χ0v) is 17.7. The van der Waals surface area contributed by atoms with Gasteiger partial charge in [0, 0.05) is 6.07 Å². The molecule has 0 saturated carbocycles. The van der Waals surface area contributed by atoms with Crippen molar-refractivity contribution in [3.8, 4) is 11.5 Å². The summed E-state index contributed by atoms with van der Waals surface area (Å²) in [6.45, 7) is 1.55. The molecule has 8 nitrogen and oxygen atoms in total. The number of ether oxygens (including phenoxy) is 2. The topological polar surface area (TPSA) is 112 Å². The van der Waals surface area contributed by atoms with E-state index in [0.29, 0.717) is 21.7 Å². The van der Waals surface area contributed by atoms with Crippen molar-refractivity contribution < 1.29 is 26.3 Å². The van der Waals surface area contributed by atoms with E-state index in [9.17, 15) is 16.8 Å². The van der Waals surface area contributed by atoms with E-state index in [0.717, 1.165) is 11.3 Å². The van der Waals surface area contributed by atoms with Crippen LogP contribution < -0.4 is 14.2 Å². The number of hydrogen-bond donors (Lipinski definition) is 1. The first kappa shape index (κ1) is 20.4. The van der Waals surface area contributed by atoms with Gasteiger partial charge in [0.05, 0.1) is 40.8 Å². The summed E-state index contributed by atoms with van der Waals surface area (Å²) in [5, 5.41) is 0. The van der Waals surface area contributed by atoms with Crippen LogP contribution in [0.1, 0.15) is 6.92 Å². The first-order chi connectivity index (χ1) is 13.2. The van der Waals surface area contributed by atoms with Crippen molar-refractivity contribution in [2.24, 2.45) is 0 Å². The zero-order valence-electron chi connectivity index (χ0n) is 15.3. The Morgan fingerprint density at radius 1 is 1.00 bits per heavy atom. The number of thiazole rings is 1. The van der Waals surface area contributed by atoms with E-state index in [1.54, 1.807) is 19.1 Å². The Morgan fingerprint density at radius 2 is 1.71 bits per heavy atom. The average molecular weight is 443 g/mol. The van der Waals surface area contributed by atoms with E-state index in [1.807, 2.05) is 0 Å². The third-order valence-electron chi connectivity index (χ3n) is 3.93. The number of nitrogens with zero attached hydrogens (tertiary/aromatic N) is 1. The number of nitrogens with one attached hydrogen (secondary N) is 1. The number of sulfone groups is 1. The molecular formula is C17H18N2O6S3. The van der Waals surface area contributed by atoms with Crippen molar-refractivity contribution in [2.75, 3.05) is 24.7 Å². The van der Waals surface area contributed by atoms with Gasteiger partial charge in [-0.05, 0) is 30.3 Å². The molecule has 28 heavy (non-hydrogen) atoms. The molecule has 0 saturated heterocycles. The normalized spacial score (nSPS) is 12.1.